The molecule has 11 heteroatoms. The minimum atomic E-state index is -2.87. The van der Waals surface area contributed by atoms with Crippen LogP contribution in [0.3, 0.4) is 0 Å². The van der Waals surface area contributed by atoms with Gasteiger partial charge in [-0.2, -0.15) is 5.26 Å². The van der Waals surface area contributed by atoms with E-state index in [9.17, 15) is 13.4 Å². The average molecular weight is 470 g/mol. The lowest BCUT2D eigenvalue weighted by Gasteiger charge is -2.38. The van der Waals surface area contributed by atoms with E-state index in [0.29, 0.717) is 29.9 Å². The summed E-state index contributed by atoms with van der Waals surface area (Å²) >= 11 is 0. The molecule has 1 amide bonds. The van der Waals surface area contributed by atoms with Crippen LogP contribution in [0.4, 0.5) is 10.1 Å². The van der Waals surface area contributed by atoms with Crippen LogP contribution in [0.2, 0.25) is 0 Å². The Morgan fingerprint density at radius 3 is 2.88 bits per heavy atom. The van der Waals surface area contributed by atoms with E-state index in [1.165, 1.54) is 28.7 Å². The number of nitrogens with one attached hydrogen (secondary N) is 1. The first-order valence-electron chi connectivity index (χ1n) is 10.5. The van der Waals surface area contributed by atoms with Gasteiger partial charge in [0, 0.05) is 24.0 Å². The third kappa shape index (κ3) is 4.26. The van der Waals surface area contributed by atoms with Crippen LogP contribution < -0.4 is 11.1 Å². The van der Waals surface area contributed by atoms with Crippen molar-refractivity contribution in [2.24, 2.45) is 15.1 Å². The summed E-state index contributed by atoms with van der Waals surface area (Å²) in [6.07, 6.45) is 2.92. The van der Waals surface area contributed by atoms with Crippen molar-refractivity contribution in [1.82, 2.24) is 9.29 Å². The average Bonchev–Trinajstić information content (AvgIpc) is 2.95. The molecule has 0 aliphatic carbocycles. The number of rotatable bonds is 3. The molecule has 2 aromatic rings. The topological polar surface area (TPSA) is 137 Å². The number of carbonyl (C=O) groups is 1. The molecule has 3 heterocycles. The fraction of sp³-hybridized carbons (Fsp3) is 0.364. The van der Waals surface area contributed by atoms with Gasteiger partial charge < -0.3 is 11.1 Å². The van der Waals surface area contributed by atoms with Crippen LogP contribution in [0.1, 0.15) is 46.9 Å². The second-order valence-electron chi connectivity index (χ2n) is 8.31. The molecular formula is C22H24FN7O2S. The van der Waals surface area contributed by atoms with Gasteiger partial charge in [-0.15, -0.1) is 0 Å². The molecule has 1 aromatic carbocycles. The molecule has 0 spiro atoms. The SMILES string of the molecule is Cc1cc(C#N)cnc1C(=O)Nc1ccc(F)c([C@]2(C)C[S@@]3(=O)=NCCCCN3C(N)=N2)c1. The summed E-state index contributed by atoms with van der Waals surface area (Å²) < 4.78 is 34.5. The number of aryl methyl sites for hydroxylation is 1. The number of fused-ring (bicyclic) bond motifs is 1. The van der Waals surface area contributed by atoms with E-state index in [2.05, 4.69) is 19.7 Å². The van der Waals surface area contributed by atoms with Crippen LogP contribution in [-0.2, 0) is 15.5 Å². The van der Waals surface area contributed by atoms with Crippen LogP contribution >= 0.6 is 0 Å². The second-order valence-corrected chi connectivity index (χ2v) is 10.5. The summed E-state index contributed by atoms with van der Waals surface area (Å²) in [4.78, 5) is 21.3. The molecule has 9 nitrogen and oxygen atoms in total. The Morgan fingerprint density at radius 2 is 2.15 bits per heavy atom. The molecule has 0 fully saturated rings. The number of anilines is 1. The summed E-state index contributed by atoms with van der Waals surface area (Å²) in [6, 6.07) is 7.67. The van der Waals surface area contributed by atoms with E-state index in [-0.39, 0.29) is 23.0 Å². The Bertz CT molecular complexity index is 1330. The standard InChI is InChI=1S/C22H24FN7O2S/c1-14-9-15(11-24)12-26-19(14)20(31)28-16-5-6-18(23)17(10-16)22(2)13-33(32)27-7-3-4-8-30(33)21(25)29-22/h5-6,9-10,12H,3-4,7-8,13H2,1-2H3,(H2,25,29)(H,28,31)/t22-,33+/m0/s1. The van der Waals surface area contributed by atoms with E-state index in [1.54, 1.807) is 19.9 Å². The zero-order valence-corrected chi connectivity index (χ0v) is 19.2. The molecule has 2 aliphatic rings. The van der Waals surface area contributed by atoms with Gasteiger partial charge in [-0.3, -0.25) is 9.10 Å². The summed E-state index contributed by atoms with van der Waals surface area (Å²) in [5.41, 5.74) is 6.46. The minimum Gasteiger partial charge on any atom is -0.369 e. The number of benzene rings is 1. The van der Waals surface area contributed by atoms with E-state index in [4.69, 9.17) is 11.0 Å². The maximum Gasteiger partial charge on any atom is 0.274 e. The van der Waals surface area contributed by atoms with Gasteiger partial charge in [-0.25, -0.2) is 22.9 Å². The Labute approximate surface area is 191 Å². The van der Waals surface area contributed by atoms with Crippen molar-refractivity contribution in [3.05, 3.63) is 58.7 Å². The van der Waals surface area contributed by atoms with Crippen molar-refractivity contribution in [1.29, 1.82) is 5.26 Å². The fourth-order valence-electron chi connectivity index (χ4n) is 4.10. The highest BCUT2D eigenvalue weighted by Gasteiger charge is 2.42. The van der Waals surface area contributed by atoms with Gasteiger partial charge in [0.05, 0.1) is 17.9 Å². The van der Waals surface area contributed by atoms with Gasteiger partial charge in [0.1, 0.15) is 33.0 Å². The van der Waals surface area contributed by atoms with Gasteiger partial charge in [0.2, 0.25) is 5.96 Å². The van der Waals surface area contributed by atoms with Gasteiger partial charge in [-0.1, -0.05) is 0 Å². The molecule has 172 valence electrons. The second kappa shape index (κ2) is 8.44. The normalized spacial score (nSPS) is 24.5. The van der Waals surface area contributed by atoms with Crippen LogP contribution in [0.15, 0.2) is 39.8 Å². The number of carbonyl (C=O) groups excluding carboxylic acids is 1. The number of halogens is 1. The zero-order valence-electron chi connectivity index (χ0n) is 18.3. The predicted octanol–water partition coefficient (Wildman–Crippen LogP) is 2.68. The number of pyridine rings is 1. The van der Waals surface area contributed by atoms with E-state index in [1.807, 2.05) is 6.07 Å². The first kappa shape index (κ1) is 22.7. The third-order valence-electron chi connectivity index (χ3n) is 5.72. The van der Waals surface area contributed by atoms with Crippen LogP contribution in [0.25, 0.3) is 0 Å². The van der Waals surface area contributed by atoms with Crippen molar-refractivity contribution >= 4 is 27.5 Å². The number of hydrogen-bond donors (Lipinski definition) is 2. The highest BCUT2D eigenvalue weighted by Crippen LogP contribution is 2.36. The molecule has 0 bridgehead atoms. The number of aliphatic imine (C=N–C) groups is 1. The maximum atomic E-state index is 15.0. The Hall–Kier alpha value is -3.52. The molecule has 33 heavy (non-hydrogen) atoms. The lowest BCUT2D eigenvalue weighted by Crippen LogP contribution is -2.52. The molecule has 0 saturated heterocycles. The summed E-state index contributed by atoms with van der Waals surface area (Å²) in [6.45, 7) is 4.29. The highest BCUT2D eigenvalue weighted by molar-refractivity contribution is 7.92. The fourth-order valence-corrected chi connectivity index (χ4v) is 6.60. The van der Waals surface area contributed by atoms with Crippen LogP contribution in [0, 0.1) is 24.1 Å². The van der Waals surface area contributed by atoms with Crippen LogP contribution in [0.5, 0.6) is 0 Å². The number of nitriles is 1. The maximum absolute atomic E-state index is 15.0. The minimum absolute atomic E-state index is 0.00863. The first-order valence-corrected chi connectivity index (χ1v) is 12.1. The summed E-state index contributed by atoms with van der Waals surface area (Å²) in [5, 5.41) is 11.7. The molecule has 2 atom stereocenters. The molecule has 3 N–H and O–H groups in total. The number of nitrogens with zero attached hydrogens (tertiary/aromatic N) is 5. The summed E-state index contributed by atoms with van der Waals surface area (Å²) in [7, 11) is -2.87. The van der Waals surface area contributed by atoms with Gasteiger partial charge in [0.15, 0.2) is 0 Å². The van der Waals surface area contributed by atoms with Crippen molar-refractivity contribution in [2.75, 3.05) is 24.2 Å². The lowest BCUT2D eigenvalue weighted by molar-refractivity contribution is 0.102. The number of hydrogen-bond acceptors (Lipinski definition) is 7. The zero-order chi connectivity index (χ0) is 23.8. The molecule has 0 unspecified atom stereocenters. The highest BCUT2D eigenvalue weighted by atomic mass is 32.2. The number of guanidine groups is 1. The van der Waals surface area contributed by atoms with Gasteiger partial charge in [-0.05, 0) is 56.5 Å². The molecule has 4 rings (SSSR count). The Balaban J connectivity index is 1.68. The quantitative estimate of drug-likeness (QED) is 0.712. The monoisotopic (exact) mass is 469 g/mol. The Morgan fingerprint density at radius 1 is 1.36 bits per heavy atom. The van der Waals surface area contributed by atoms with Crippen molar-refractivity contribution in [2.45, 2.75) is 32.2 Å². The van der Waals surface area contributed by atoms with Gasteiger partial charge >= 0.3 is 0 Å². The van der Waals surface area contributed by atoms with Crippen molar-refractivity contribution < 1.29 is 13.4 Å². The van der Waals surface area contributed by atoms with Gasteiger partial charge in [0.25, 0.3) is 5.91 Å². The molecular weight excluding hydrogens is 445 g/mol. The molecule has 0 radical (unpaired) electrons. The smallest absolute Gasteiger partial charge is 0.274 e. The molecule has 2 aliphatic heterocycles. The molecule has 0 saturated carbocycles. The summed E-state index contributed by atoms with van der Waals surface area (Å²) in [5.74, 6) is -0.983. The predicted molar refractivity (Wildman–Crippen MR) is 123 cm³/mol. The number of nitrogens with two attached hydrogens (primary N) is 1. The number of aromatic nitrogens is 1. The van der Waals surface area contributed by atoms with Crippen molar-refractivity contribution in [3.63, 3.8) is 0 Å². The van der Waals surface area contributed by atoms with Crippen molar-refractivity contribution in [3.8, 4) is 6.07 Å². The largest absolute Gasteiger partial charge is 0.369 e. The lowest BCUT2D eigenvalue weighted by atomic mass is 9.93. The first-order chi connectivity index (χ1) is 15.6. The molecule has 1 aromatic heterocycles. The number of amides is 1. The van der Waals surface area contributed by atoms with E-state index in [0.717, 1.165) is 12.8 Å². The third-order valence-corrected chi connectivity index (χ3v) is 8.30. The van der Waals surface area contributed by atoms with Crippen LogP contribution in [-0.4, -0.2) is 44.2 Å². The van der Waals surface area contributed by atoms with E-state index >= 15 is 0 Å². The Kier molecular flexibility index (Phi) is 5.80. The van der Waals surface area contributed by atoms with E-state index < -0.39 is 27.2 Å².